The molecule has 0 radical (unpaired) electrons. The van der Waals surface area contributed by atoms with Gasteiger partial charge in [0.1, 0.15) is 16.2 Å². The fraction of sp³-hybridized carbons (Fsp3) is 0. The summed E-state index contributed by atoms with van der Waals surface area (Å²) in [5.41, 5.74) is 7.26. The number of nitrogens with zero attached hydrogens (tertiary/aromatic N) is 1. The van der Waals surface area contributed by atoms with E-state index in [1.165, 1.54) is 23.5 Å². The Morgan fingerprint density at radius 1 is 1.38 bits per heavy atom. The summed E-state index contributed by atoms with van der Waals surface area (Å²) < 4.78 is 14.6. The molecule has 0 saturated heterocycles. The number of fused-ring (bicyclic) bond motifs is 1. The van der Waals surface area contributed by atoms with Crippen LogP contribution in [0.5, 0.6) is 0 Å². The highest BCUT2D eigenvalue weighted by atomic mass is 79.9. The van der Waals surface area contributed by atoms with Gasteiger partial charge in [-0.05, 0) is 46.3 Å². The van der Waals surface area contributed by atoms with Crippen LogP contribution in [-0.4, -0.2) is 10.9 Å². The van der Waals surface area contributed by atoms with Crippen molar-refractivity contribution in [3.05, 3.63) is 51.7 Å². The number of hydrogen-bond acceptors (Lipinski definition) is 4. The van der Waals surface area contributed by atoms with Crippen molar-refractivity contribution in [2.75, 3.05) is 11.1 Å². The number of pyridine rings is 1. The molecular formula is C14H9BrFN3OS. The van der Waals surface area contributed by atoms with Crippen molar-refractivity contribution < 1.29 is 9.18 Å². The Bertz CT molecular complexity index is 849. The number of carbonyl (C=O) groups excluding carboxylic acids is 1. The quantitative estimate of drug-likeness (QED) is 0.720. The van der Waals surface area contributed by atoms with Gasteiger partial charge in [-0.2, -0.15) is 0 Å². The zero-order valence-electron chi connectivity index (χ0n) is 10.6. The molecule has 3 rings (SSSR count). The maximum atomic E-state index is 13.4. The van der Waals surface area contributed by atoms with Gasteiger partial charge in [0.05, 0.1) is 14.9 Å². The standard InChI is InChI=1S/C14H9BrFN3OS/c15-8-4-3-7(6-9(8)16)19-14(20)13-11(17)12-10(21-13)2-1-5-18-12/h1-6H,17H2,(H,19,20). The second-order valence-electron chi connectivity index (χ2n) is 4.28. The van der Waals surface area contributed by atoms with Crippen LogP contribution >= 0.6 is 27.3 Å². The van der Waals surface area contributed by atoms with Gasteiger partial charge in [0, 0.05) is 11.9 Å². The predicted octanol–water partition coefficient (Wildman–Crippen LogP) is 4.03. The minimum absolute atomic E-state index is 0.339. The van der Waals surface area contributed by atoms with Crippen LogP contribution in [0.25, 0.3) is 10.2 Å². The highest BCUT2D eigenvalue weighted by Gasteiger charge is 2.17. The summed E-state index contributed by atoms with van der Waals surface area (Å²) in [6.07, 6.45) is 1.62. The van der Waals surface area contributed by atoms with E-state index >= 15 is 0 Å². The molecule has 0 unspecified atom stereocenters. The summed E-state index contributed by atoms with van der Waals surface area (Å²) in [7, 11) is 0. The molecule has 2 heterocycles. The van der Waals surface area contributed by atoms with Gasteiger partial charge < -0.3 is 11.1 Å². The zero-order chi connectivity index (χ0) is 15.0. The molecule has 3 aromatic rings. The summed E-state index contributed by atoms with van der Waals surface area (Å²) >= 11 is 4.32. The van der Waals surface area contributed by atoms with Crippen molar-refractivity contribution in [2.45, 2.75) is 0 Å². The fourth-order valence-electron chi connectivity index (χ4n) is 1.88. The van der Waals surface area contributed by atoms with Crippen LogP contribution in [0.1, 0.15) is 9.67 Å². The number of rotatable bonds is 2. The second-order valence-corrected chi connectivity index (χ2v) is 6.18. The van der Waals surface area contributed by atoms with Gasteiger partial charge in [-0.25, -0.2) is 4.39 Å². The van der Waals surface area contributed by atoms with E-state index in [4.69, 9.17) is 5.73 Å². The number of halogens is 2. The maximum Gasteiger partial charge on any atom is 0.267 e. The van der Waals surface area contributed by atoms with E-state index in [9.17, 15) is 9.18 Å². The van der Waals surface area contributed by atoms with Gasteiger partial charge in [0.2, 0.25) is 0 Å². The maximum absolute atomic E-state index is 13.4. The molecule has 0 fully saturated rings. The molecule has 7 heteroatoms. The first-order valence-electron chi connectivity index (χ1n) is 5.95. The van der Waals surface area contributed by atoms with Gasteiger partial charge in [-0.1, -0.05) is 0 Å². The van der Waals surface area contributed by atoms with Crippen LogP contribution in [0.15, 0.2) is 41.0 Å². The van der Waals surface area contributed by atoms with Crippen LogP contribution in [0, 0.1) is 5.82 Å². The van der Waals surface area contributed by atoms with E-state index in [0.717, 1.165) is 4.70 Å². The smallest absolute Gasteiger partial charge is 0.267 e. The Hall–Kier alpha value is -1.99. The summed E-state index contributed by atoms with van der Waals surface area (Å²) in [4.78, 5) is 16.8. The lowest BCUT2D eigenvalue weighted by Gasteiger charge is -2.05. The Morgan fingerprint density at radius 2 is 2.19 bits per heavy atom. The van der Waals surface area contributed by atoms with E-state index in [-0.39, 0.29) is 5.91 Å². The molecule has 106 valence electrons. The van der Waals surface area contributed by atoms with Crippen molar-refractivity contribution in [1.82, 2.24) is 4.98 Å². The van der Waals surface area contributed by atoms with E-state index in [0.29, 0.717) is 26.2 Å². The van der Waals surface area contributed by atoms with Crippen molar-refractivity contribution in [3.63, 3.8) is 0 Å². The third-order valence-electron chi connectivity index (χ3n) is 2.87. The van der Waals surface area contributed by atoms with Crippen molar-refractivity contribution in [3.8, 4) is 0 Å². The molecular weight excluding hydrogens is 357 g/mol. The minimum atomic E-state index is -0.446. The summed E-state index contributed by atoms with van der Waals surface area (Å²) in [5.74, 6) is -0.823. The number of nitrogens with one attached hydrogen (secondary N) is 1. The van der Waals surface area contributed by atoms with E-state index in [2.05, 4.69) is 26.2 Å². The summed E-state index contributed by atoms with van der Waals surface area (Å²) in [5, 5.41) is 2.63. The van der Waals surface area contributed by atoms with Gasteiger partial charge >= 0.3 is 0 Å². The summed E-state index contributed by atoms with van der Waals surface area (Å²) in [6.45, 7) is 0. The zero-order valence-corrected chi connectivity index (χ0v) is 13.0. The lowest BCUT2D eigenvalue weighted by molar-refractivity contribution is 0.103. The highest BCUT2D eigenvalue weighted by Crippen LogP contribution is 2.32. The third-order valence-corrected chi connectivity index (χ3v) is 4.67. The Labute approximate surface area is 131 Å². The number of benzene rings is 1. The third kappa shape index (κ3) is 2.62. The molecule has 0 atom stereocenters. The molecule has 2 aromatic heterocycles. The van der Waals surface area contributed by atoms with Crippen LogP contribution < -0.4 is 11.1 Å². The number of carbonyl (C=O) groups is 1. The minimum Gasteiger partial charge on any atom is -0.396 e. The summed E-state index contributed by atoms with van der Waals surface area (Å²) in [6, 6.07) is 8.00. The average Bonchev–Trinajstić information content (AvgIpc) is 2.81. The molecule has 1 amide bonds. The van der Waals surface area contributed by atoms with Gasteiger partial charge in [0.15, 0.2) is 0 Å². The number of nitrogens with two attached hydrogens (primary N) is 1. The van der Waals surface area contributed by atoms with E-state index in [1.807, 2.05) is 6.07 Å². The molecule has 0 aliphatic rings. The number of thiophene rings is 1. The molecule has 0 saturated carbocycles. The van der Waals surface area contributed by atoms with Gasteiger partial charge in [-0.3, -0.25) is 9.78 Å². The van der Waals surface area contributed by atoms with Crippen molar-refractivity contribution in [1.29, 1.82) is 0 Å². The number of anilines is 2. The molecule has 21 heavy (non-hydrogen) atoms. The first-order chi connectivity index (χ1) is 10.1. The van der Waals surface area contributed by atoms with Gasteiger partial charge in [-0.15, -0.1) is 11.3 Å². The van der Waals surface area contributed by atoms with E-state index in [1.54, 1.807) is 18.3 Å². The number of hydrogen-bond donors (Lipinski definition) is 2. The predicted molar refractivity (Wildman–Crippen MR) is 86.1 cm³/mol. The largest absolute Gasteiger partial charge is 0.396 e. The normalized spacial score (nSPS) is 10.8. The van der Waals surface area contributed by atoms with Crippen LogP contribution in [0.4, 0.5) is 15.8 Å². The lowest BCUT2D eigenvalue weighted by Crippen LogP contribution is -2.12. The van der Waals surface area contributed by atoms with Crippen molar-refractivity contribution in [2.24, 2.45) is 0 Å². The first kappa shape index (κ1) is 14.0. The molecule has 3 N–H and O–H groups in total. The number of aromatic nitrogens is 1. The van der Waals surface area contributed by atoms with Gasteiger partial charge in [0.25, 0.3) is 5.91 Å². The van der Waals surface area contributed by atoms with Crippen LogP contribution in [0.2, 0.25) is 0 Å². The molecule has 0 aliphatic carbocycles. The fourth-order valence-corrected chi connectivity index (χ4v) is 3.10. The van der Waals surface area contributed by atoms with E-state index < -0.39 is 5.82 Å². The molecule has 0 aliphatic heterocycles. The monoisotopic (exact) mass is 365 g/mol. The number of amides is 1. The van der Waals surface area contributed by atoms with Crippen LogP contribution in [-0.2, 0) is 0 Å². The topological polar surface area (TPSA) is 68.0 Å². The molecule has 1 aromatic carbocycles. The van der Waals surface area contributed by atoms with Crippen molar-refractivity contribution >= 4 is 54.8 Å². The Balaban J connectivity index is 1.93. The molecule has 0 bridgehead atoms. The Morgan fingerprint density at radius 3 is 2.90 bits per heavy atom. The Kier molecular flexibility index (Phi) is 3.60. The average molecular weight is 366 g/mol. The molecule has 4 nitrogen and oxygen atoms in total. The lowest BCUT2D eigenvalue weighted by atomic mass is 10.3. The first-order valence-corrected chi connectivity index (χ1v) is 7.56. The molecule has 0 spiro atoms. The highest BCUT2D eigenvalue weighted by molar-refractivity contribution is 9.10. The van der Waals surface area contributed by atoms with Crippen LogP contribution in [0.3, 0.4) is 0 Å². The number of nitrogen functional groups attached to an aromatic ring is 1. The second kappa shape index (κ2) is 5.42. The SMILES string of the molecule is Nc1c(C(=O)Nc2ccc(Br)c(F)c2)sc2cccnc12.